The van der Waals surface area contributed by atoms with Crippen LogP contribution in [-0.4, -0.2) is 25.7 Å². The molecule has 0 aromatic heterocycles. The molecule has 0 atom stereocenters. The molecule has 0 radical (unpaired) electrons. The van der Waals surface area contributed by atoms with Crippen molar-refractivity contribution >= 4 is 24.0 Å². The lowest BCUT2D eigenvalue weighted by Crippen LogP contribution is -2.46. The Bertz CT molecular complexity index is 831. The second-order valence-electron chi connectivity index (χ2n) is 8.23. The fourth-order valence-corrected chi connectivity index (χ4v) is 3.64. The maximum Gasteiger partial charge on any atom is 0.232 e. The Morgan fingerprint density at radius 2 is 1.83 bits per heavy atom. The Hall–Kier alpha value is -2.08. The zero-order valence-electron chi connectivity index (χ0n) is 18.1. The molecule has 3 N–H and O–H groups in total. The molecule has 1 amide bonds. The molecule has 1 heterocycles. The lowest BCUT2D eigenvalue weighted by Gasteiger charge is -2.34. The average Bonchev–Trinajstić information content (AvgIpc) is 2.73. The average molecular weight is 433 g/mol. The summed E-state index contributed by atoms with van der Waals surface area (Å²) in [5.41, 5.74) is 9.62. The van der Waals surface area contributed by atoms with Crippen molar-refractivity contribution in [3.63, 3.8) is 0 Å². The summed E-state index contributed by atoms with van der Waals surface area (Å²) in [6, 6.07) is 14.1. The van der Waals surface area contributed by atoms with Crippen LogP contribution >= 0.6 is 12.4 Å². The highest BCUT2D eigenvalue weighted by molar-refractivity contribution is 5.95. The predicted octanol–water partition coefficient (Wildman–Crippen LogP) is 4.81. The number of aryl methyl sites for hydroxylation is 1. The van der Waals surface area contributed by atoms with Crippen LogP contribution < -0.4 is 15.8 Å². The number of hydrogen-bond donors (Lipinski definition) is 2. The third-order valence-electron chi connectivity index (χ3n) is 5.72. The summed E-state index contributed by atoms with van der Waals surface area (Å²) in [5.74, 6) is 1.32. The molecule has 0 spiro atoms. The second kappa shape index (κ2) is 10.8. The highest BCUT2D eigenvalue weighted by atomic mass is 35.5. The molecular formula is C24H33ClN2O3. The van der Waals surface area contributed by atoms with Gasteiger partial charge in [0.2, 0.25) is 5.91 Å². The lowest BCUT2D eigenvalue weighted by molar-refractivity contribution is -0.130. The van der Waals surface area contributed by atoms with Gasteiger partial charge in [-0.25, -0.2) is 0 Å². The highest BCUT2D eigenvalue weighted by Gasteiger charge is 2.38. The van der Waals surface area contributed by atoms with E-state index in [9.17, 15) is 4.79 Å². The van der Waals surface area contributed by atoms with Crippen molar-refractivity contribution in [2.45, 2.75) is 46.1 Å². The smallest absolute Gasteiger partial charge is 0.232 e. The Morgan fingerprint density at radius 1 is 1.17 bits per heavy atom. The molecule has 164 valence electrons. The highest BCUT2D eigenvalue weighted by Crippen LogP contribution is 2.31. The second-order valence-corrected chi connectivity index (χ2v) is 8.23. The molecule has 0 bridgehead atoms. The van der Waals surface area contributed by atoms with Crippen molar-refractivity contribution in [2.24, 2.45) is 11.1 Å². The van der Waals surface area contributed by atoms with Crippen LogP contribution in [0.3, 0.4) is 0 Å². The van der Waals surface area contributed by atoms with Crippen LogP contribution in [-0.2, 0) is 16.1 Å². The molecule has 2 aromatic carbocycles. The van der Waals surface area contributed by atoms with Crippen molar-refractivity contribution in [3.8, 4) is 5.75 Å². The lowest BCUT2D eigenvalue weighted by atomic mass is 9.79. The molecule has 0 saturated carbocycles. The molecule has 1 aliphatic rings. The molecule has 1 aliphatic heterocycles. The minimum Gasteiger partial charge on any atom is -0.489 e. The van der Waals surface area contributed by atoms with Crippen LogP contribution in [0.4, 0.5) is 5.69 Å². The maximum absolute atomic E-state index is 12.8. The molecule has 5 nitrogen and oxygen atoms in total. The van der Waals surface area contributed by atoms with Crippen LogP contribution in [0.2, 0.25) is 0 Å². The number of benzene rings is 2. The van der Waals surface area contributed by atoms with Crippen LogP contribution in [0, 0.1) is 12.3 Å². The number of rotatable bonds is 7. The monoisotopic (exact) mass is 432 g/mol. The first-order valence-corrected chi connectivity index (χ1v) is 10.3. The quantitative estimate of drug-likeness (QED) is 0.658. The number of carbonyl (C=O) groups excluding carboxylic acids is 1. The molecular weight excluding hydrogens is 400 g/mol. The van der Waals surface area contributed by atoms with E-state index >= 15 is 0 Å². The first-order chi connectivity index (χ1) is 13.9. The van der Waals surface area contributed by atoms with Crippen LogP contribution in [0.25, 0.3) is 0 Å². The third kappa shape index (κ3) is 5.75. The van der Waals surface area contributed by atoms with Crippen LogP contribution in [0.15, 0.2) is 42.5 Å². The summed E-state index contributed by atoms with van der Waals surface area (Å²) < 4.78 is 11.5. The van der Waals surface area contributed by atoms with Gasteiger partial charge in [0.1, 0.15) is 12.4 Å². The third-order valence-corrected chi connectivity index (χ3v) is 5.72. The normalized spacial score (nSPS) is 15.4. The standard InChI is InChI=1S/C24H32N2O3.ClH/c1-17(2)21-9-4-18(3)14-22(21)29-15-19-5-7-20(8-6-19)26-23(27)24(16-25)10-12-28-13-11-24;/h4-9,14,17H,10-13,15-16,25H2,1-3H3,(H,26,27);1H. The fourth-order valence-electron chi connectivity index (χ4n) is 3.64. The number of amides is 1. The Balaban J connectivity index is 0.00000320. The number of nitrogens with one attached hydrogen (secondary N) is 1. The van der Waals surface area contributed by atoms with E-state index < -0.39 is 5.41 Å². The maximum atomic E-state index is 12.8. The SMILES string of the molecule is Cc1ccc(C(C)C)c(OCc2ccc(NC(=O)C3(CN)CCOCC3)cc2)c1.Cl. The van der Waals surface area contributed by atoms with E-state index in [2.05, 4.69) is 44.3 Å². The van der Waals surface area contributed by atoms with Crippen molar-refractivity contribution in [1.29, 1.82) is 0 Å². The van der Waals surface area contributed by atoms with E-state index in [1.807, 2.05) is 24.3 Å². The van der Waals surface area contributed by atoms with Crippen molar-refractivity contribution in [1.82, 2.24) is 0 Å². The zero-order valence-corrected chi connectivity index (χ0v) is 18.9. The molecule has 2 aromatic rings. The number of anilines is 1. The van der Waals surface area contributed by atoms with Crippen molar-refractivity contribution < 1.29 is 14.3 Å². The van der Waals surface area contributed by atoms with Gasteiger partial charge in [0, 0.05) is 25.4 Å². The Morgan fingerprint density at radius 3 is 2.43 bits per heavy atom. The van der Waals surface area contributed by atoms with Crippen LogP contribution in [0.1, 0.15) is 49.3 Å². The van der Waals surface area contributed by atoms with Gasteiger partial charge in [-0.2, -0.15) is 0 Å². The summed E-state index contributed by atoms with van der Waals surface area (Å²) in [6.07, 6.45) is 1.33. The van der Waals surface area contributed by atoms with E-state index in [1.165, 1.54) is 11.1 Å². The molecule has 6 heteroatoms. The zero-order chi connectivity index (χ0) is 20.9. The largest absolute Gasteiger partial charge is 0.489 e. The molecule has 3 rings (SSSR count). The van der Waals surface area contributed by atoms with Gasteiger partial charge in [-0.15, -0.1) is 12.4 Å². The number of nitrogens with two attached hydrogens (primary N) is 1. The number of ether oxygens (including phenoxy) is 2. The fraction of sp³-hybridized carbons (Fsp3) is 0.458. The number of halogens is 1. The Kier molecular flexibility index (Phi) is 8.71. The van der Waals surface area contributed by atoms with Gasteiger partial charge in [0.25, 0.3) is 0 Å². The van der Waals surface area contributed by atoms with Crippen molar-refractivity contribution in [3.05, 3.63) is 59.2 Å². The summed E-state index contributed by atoms with van der Waals surface area (Å²) >= 11 is 0. The molecule has 1 saturated heterocycles. The van der Waals surface area contributed by atoms with Crippen LogP contribution in [0.5, 0.6) is 5.75 Å². The van der Waals surface area contributed by atoms with E-state index in [0.29, 0.717) is 45.1 Å². The molecule has 1 fully saturated rings. The summed E-state index contributed by atoms with van der Waals surface area (Å²) in [4.78, 5) is 12.8. The van der Waals surface area contributed by atoms with Gasteiger partial charge >= 0.3 is 0 Å². The predicted molar refractivity (Wildman–Crippen MR) is 123 cm³/mol. The Labute approximate surface area is 185 Å². The van der Waals surface area contributed by atoms with Crippen molar-refractivity contribution in [2.75, 3.05) is 25.1 Å². The van der Waals surface area contributed by atoms with Gasteiger partial charge in [-0.05, 0) is 60.6 Å². The molecule has 0 unspecified atom stereocenters. The van der Waals surface area contributed by atoms with E-state index in [4.69, 9.17) is 15.2 Å². The summed E-state index contributed by atoms with van der Waals surface area (Å²) in [5, 5.41) is 3.02. The van der Waals surface area contributed by atoms with Gasteiger partial charge < -0.3 is 20.5 Å². The minimum atomic E-state index is -0.529. The summed E-state index contributed by atoms with van der Waals surface area (Å²) in [7, 11) is 0. The number of carbonyl (C=O) groups is 1. The first kappa shape index (κ1) is 24.2. The number of hydrogen-bond acceptors (Lipinski definition) is 4. The molecule has 30 heavy (non-hydrogen) atoms. The van der Waals surface area contributed by atoms with Gasteiger partial charge in [-0.3, -0.25) is 4.79 Å². The van der Waals surface area contributed by atoms with Gasteiger partial charge in [0.15, 0.2) is 0 Å². The first-order valence-electron chi connectivity index (χ1n) is 10.3. The van der Waals surface area contributed by atoms with E-state index in [-0.39, 0.29) is 18.3 Å². The molecule has 0 aliphatic carbocycles. The summed E-state index contributed by atoms with van der Waals surface area (Å²) in [6.45, 7) is 8.39. The van der Waals surface area contributed by atoms with E-state index in [0.717, 1.165) is 17.0 Å². The van der Waals surface area contributed by atoms with Gasteiger partial charge in [-0.1, -0.05) is 38.1 Å². The van der Waals surface area contributed by atoms with Gasteiger partial charge in [0.05, 0.1) is 5.41 Å². The topological polar surface area (TPSA) is 73.6 Å². The van der Waals surface area contributed by atoms with E-state index in [1.54, 1.807) is 0 Å². The minimum absolute atomic E-state index is 0.